The Labute approximate surface area is 159 Å². The van der Waals surface area contributed by atoms with E-state index in [9.17, 15) is 4.79 Å². The standard InChI is InChI=1S/C21H24ClN3O/c1-20(2,3)24-19(26)17-11-16(15-5-7-21(4,22)8-6-15)12-18(13-17)25-10-9-23-14-25/h5-7,9-14H,8H2,1-4H3,(H,24,26). The number of halogens is 1. The van der Waals surface area contributed by atoms with Crippen molar-refractivity contribution in [3.8, 4) is 5.69 Å². The normalized spacial score (nSPS) is 20.0. The molecule has 1 heterocycles. The van der Waals surface area contributed by atoms with E-state index in [4.69, 9.17) is 11.6 Å². The number of allylic oxidation sites excluding steroid dienone is 4. The van der Waals surface area contributed by atoms with Gasteiger partial charge < -0.3 is 9.88 Å². The van der Waals surface area contributed by atoms with Crippen molar-refractivity contribution in [2.45, 2.75) is 44.5 Å². The number of benzene rings is 1. The molecular weight excluding hydrogens is 346 g/mol. The minimum absolute atomic E-state index is 0.0942. The van der Waals surface area contributed by atoms with E-state index >= 15 is 0 Å². The maximum atomic E-state index is 12.7. The summed E-state index contributed by atoms with van der Waals surface area (Å²) in [6.45, 7) is 7.90. The highest BCUT2D eigenvalue weighted by Gasteiger charge is 2.21. The number of carbonyl (C=O) groups excluding carboxylic acids is 1. The van der Waals surface area contributed by atoms with Crippen molar-refractivity contribution in [1.29, 1.82) is 0 Å². The van der Waals surface area contributed by atoms with Gasteiger partial charge in [0.1, 0.15) is 0 Å². The highest BCUT2D eigenvalue weighted by Crippen LogP contribution is 2.32. The summed E-state index contributed by atoms with van der Waals surface area (Å²) < 4.78 is 1.90. The molecule has 26 heavy (non-hydrogen) atoms. The Morgan fingerprint density at radius 1 is 1.31 bits per heavy atom. The summed E-state index contributed by atoms with van der Waals surface area (Å²) >= 11 is 6.38. The van der Waals surface area contributed by atoms with E-state index in [1.54, 1.807) is 12.5 Å². The second kappa shape index (κ2) is 6.76. The summed E-state index contributed by atoms with van der Waals surface area (Å²) in [6, 6.07) is 5.86. The maximum Gasteiger partial charge on any atom is 0.251 e. The van der Waals surface area contributed by atoms with Crippen molar-refractivity contribution >= 4 is 23.1 Å². The molecule has 136 valence electrons. The second-order valence-electron chi connectivity index (χ2n) is 7.92. The number of amides is 1. The van der Waals surface area contributed by atoms with Gasteiger partial charge in [-0.05, 0) is 63.5 Å². The first-order valence-corrected chi connectivity index (χ1v) is 9.05. The van der Waals surface area contributed by atoms with Crippen LogP contribution in [0.15, 0.2) is 55.1 Å². The fraction of sp³-hybridized carbons (Fsp3) is 0.333. The number of hydrogen-bond acceptors (Lipinski definition) is 2. The Kier molecular flexibility index (Phi) is 4.80. The lowest BCUT2D eigenvalue weighted by Crippen LogP contribution is -2.40. The zero-order valence-electron chi connectivity index (χ0n) is 15.6. The molecule has 0 saturated heterocycles. The van der Waals surface area contributed by atoms with Gasteiger partial charge >= 0.3 is 0 Å². The molecular formula is C21H24ClN3O. The highest BCUT2D eigenvalue weighted by molar-refractivity contribution is 6.25. The average molecular weight is 370 g/mol. The lowest BCUT2D eigenvalue weighted by molar-refractivity contribution is 0.0919. The molecule has 1 unspecified atom stereocenters. The van der Waals surface area contributed by atoms with Crippen LogP contribution < -0.4 is 5.32 Å². The molecule has 1 aliphatic rings. The van der Waals surface area contributed by atoms with Crippen molar-refractivity contribution in [2.24, 2.45) is 0 Å². The molecule has 0 saturated carbocycles. The summed E-state index contributed by atoms with van der Waals surface area (Å²) in [5, 5.41) is 3.03. The van der Waals surface area contributed by atoms with E-state index in [0.29, 0.717) is 5.56 Å². The first kappa shape index (κ1) is 18.5. The summed E-state index contributed by atoms with van der Waals surface area (Å²) in [5.41, 5.74) is 3.27. The summed E-state index contributed by atoms with van der Waals surface area (Å²) in [7, 11) is 0. The van der Waals surface area contributed by atoms with Crippen LogP contribution in [0.2, 0.25) is 0 Å². The van der Waals surface area contributed by atoms with Crippen molar-refractivity contribution in [2.75, 3.05) is 0 Å². The molecule has 1 amide bonds. The van der Waals surface area contributed by atoms with Crippen LogP contribution in [0.4, 0.5) is 0 Å². The Hall–Kier alpha value is -2.33. The van der Waals surface area contributed by atoms with Gasteiger partial charge in [0.25, 0.3) is 5.91 Å². The third-order valence-electron chi connectivity index (χ3n) is 4.14. The van der Waals surface area contributed by atoms with Crippen LogP contribution in [-0.4, -0.2) is 25.9 Å². The number of nitrogens with zero attached hydrogens (tertiary/aromatic N) is 2. The summed E-state index contributed by atoms with van der Waals surface area (Å²) in [6.07, 6.45) is 12.2. The lowest BCUT2D eigenvalue weighted by Gasteiger charge is -2.22. The zero-order valence-corrected chi connectivity index (χ0v) is 16.3. The van der Waals surface area contributed by atoms with E-state index in [1.165, 1.54) is 0 Å². The van der Waals surface area contributed by atoms with Crippen LogP contribution in [0.5, 0.6) is 0 Å². The van der Waals surface area contributed by atoms with Gasteiger partial charge in [-0.25, -0.2) is 4.98 Å². The molecule has 1 aromatic heterocycles. The molecule has 3 rings (SSSR count). The molecule has 1 atom stereocenters. The van der Waals surface area contributed by atoms with E-state index in [0.717, 1.165) is 23.2 Å². The third kappa shape index (κ3) is 4.44. The van der Waals surface area contributed by atoms with Crippen LogP contribution in [0.1, 0.15) is 50.0 Å². The van der Waals surface area contributed by atoms with E-state index in [1.807, 2.05) is 62.7 Å². The fourth-order valence-electron chi connectivity index (χ4n) is 2.81. The van der Waals surface area contributed by atoms with Gasteiger partial charge in [-0.15, -0.1) is 11.6 Å². The van der Waals surface area contributed by atoms with Crippen LogP contribution in [0.3, 0.4) is 0 Å². The Bertz CT molecular complexity index is 871. The molecule has 1 aromatic carbocycles. The summed E-state index contributed by atoms with van der Waals surface area (Å²) in [5.74, 6) is -0.0942. The minimum atomic E-state index is -0.349. The van der Waals surface area contributed by atoms with Gasteiger partial charge in [-0.2, -0.15) is 0 Å². The van der Waals surface area contributed by atoms with E-state index < -0.39 is 0 Å². The monoisotopic (exact) mass is 369 g/mol. The Morgan fingerprint density at radius 3 is 2.65 bits per heavy atom. The fourth-order valence-corrected chi connectivity index (χ4v) is 2.95. The number of alkyl halides is 1. The predicted octanol–water partition coefficient (Wildman–Crippen LogP) is 4.74. The van der Waals surface area contributed by atoms with Gasteiger partial charge in [-0.1, -0.05) is 18.2 Å². The lowest BCUT2D eigenvalue weighted by atomic mass is 9.92. The third-order valence-corrected chi connectivity index (χ3v) is 4.42. The van der Waals surface area contributed by atoms with Gasteiger partial charge in [0.05, 0.1) is 11.2 Å². The van der Waals surface area contributed by atoms with Crippen LogP contribution >= 0.6 is 11.6 Å². The van der Waals surface area contributed by atoms with Crippen molar-refractivity contribution in [3.63, 3.8) is 0 Å². The molecule has 0 aliphatic heterocycles. The molecule has 0 spiro atoms. The predicted molar refractivity (Wildman–Crippen MR) is 107 cm³/mol. The van der Waals surface area contributed by atoms with Crippen LogP contribution in [0.25, 0.3) is 11.3 Å². The molecule has 4 nitrogen and oxygen atoms in total. The van der Waals surface area contributed by atoms with Gasteiger partial charge in [0.2, 0.25) is 0 Å². The molecule has 0 fully saturated rings. The SMILES string of the molecule is CC1(Cl)C=CC(c2cc(C(=O)NC(C)(C)C)cc(-n3ccnc3)c2)=CC1. The number of aromatic nitrogens is 2. The second-order valence-corrected chi connectivity index (χ2v) is 8.78. The molecule has 0 bridgehead atoms. The topological polar surface area (TPSA) is 46.9 Å². The van der Waals surface area contributed by atoms with Gasteiger partial charge in [-0.3, -0.25) is 4.79 Å². The van der Waals surface area contributed by atoms with Gasteiger partial charge in [0, 0.05) is 29.2 Å². The number of carbonyl (C=O) groups is 1. The van der Waals surface area contributed by atoms with Gasteiger partial charge in [0.15, 0.2) is 0 Å². The smallest absolute Gasteiger partial charge is 0.251 e. The van der Waals surface area contributed by atoms with E-state index in [2.05, 4.69) is 22.4 Å². The zero-order chi connectivity index (χ0) is 18.9. The molecule has 2 aromatic rings. The first-order chi connectivity index (χ1) is 12.1. The maximum absolute atomic E-state index is 12.7. The largest absolute Gasteiger partial charge is 0.347 e. The van der Waals surface area contributed by atoms with Crippen LogP contribution in [-0.2, 0) is 0 Å². The highest BCUT2D eigenvalue weighted by atomic mass is 35.5. The van der Waals surface area contributed by atoms with E-state index in [-0.39, 0.29) is 16.3 Å². The van der Waals surface area contributed by atoms with Crippen molar-refractivity contribution in [1.82, 2.24) is 14.9 Å². The number of imidazole rings is 1. The summed E-state index contributed by atoms with van der Waals surface area (Å²) in [4.78, 5) is 16.5. The number of nitrogens with one attached hydrogen (secondary N) is 1. The number of hydrogen-bond donors (Lipinski definition) is 1. The van der Waals surface area contributed by atoms with Crippen molar-refractivity contribution < 1.29 is 4.79 Å². The first-order valence-electron chi connectivity index (χ1n) is 8.68. The molecule has 1 N–H and O–H groups in total. The Balaban J connectivity index is 2.03. The minimum Gasteiger partial charge on any atom is -0.347 e. The molecule has 1 aliphatic carbocycles. The Morgan fingerprint density at radius 2 is 2.08 bits per heavy atom. The van der Waals surface area contributed by atoms with Crippen LogP contribution in [0, 0.1) is 0 Å². The quantitative estimate of drug-likeness (QED) is 0.794. The molecule has 5 heteroatoms. The number of rotatable bonds is 3. The molecule has 0 radical (unpaired) electrons. The average Bonchev–Trinajstić information content (AvgIpc) is 3.07. The van der Waals surface area contributed by atoms with Crippen molar-refractivity contribution in [3.05, 3.63) is 66.3 Å².